The largest absolute Gasteiger partial charge is 0.493 e. The Morgan fingerprint density at radius 3 is 2.46 bits per heavy atom. The summed E-state index contributed by atoms with van der Waals surface area (Å²) in [5.74, 6) is 0.606. The molecule has 0 saturated heterocycles. The summed E-state index contributed by atoms with van der Waals surface area (Å²) in [5.41, 5.74) is 1.57. The van der Waals surface area contributed by atoms with Crippen molar-refractivity contribution in [3.63, 3.8) is 0 Å². The van der Waals surface area contributed by atoms with E-state index in [1.807, 2.05) is 19.1 Å². The summed E-state index contributed by atoms with van der Waals surface area (Å²) in [6.45, 7) is 1.84. The Kier molecular flexibility index (Phi) is 5.95. The quantitative estimate of drug-likeness (QED) is 0.822. The third kappa shape index (κ3) is 4.35. The highest BCUT2D eigenvalue weighted by Gasteiger charge is 2.09. The van der Waals surface area contributed by atoms with Crippen molar-refractivity contribution in [3.8, 4) is 11.5 Å². The molecule has 24 heavy (non-hydrogen) atoms. The van der Waals surface area contributed by atoms with Crippen LogP contribution in [-0.4, -0.2) is 20.1 Å². The fourth-order valence-electron chi connectivity index (χ4n) is 2.30. The topological polar surface area (TPSA) is 47.6 Å². The number of ether oxygens (including phenoxy) is 2. The van der Waals surface area contributed by atoms with Crippen LogP contribution in [0.5, 0.6) is 11.5 Å². The maximum atomic E-state index is 12.9. The normalized spacial score (nSPS) is 12.0. The molecule has 0 spiro atoms. The SMILES string of the molecule is COc1cccc(/C=C/C(=O)N[C@@H](C)c2ccc(F)cc2)c1OC. The summed E-state index contributed by atoms with van der Waals surface area (Å²) in [4.78, 5) is 12.1. The molecule has 0 radical (unpaired) electrons. The molecule has 0 heterocycles. The lowest BCUT2D eigenvalue weighted by molar-refractivity contribution is -0.117. The third-order valence-electron chi connectivity index (χ3n) is 3.58. The number of hydrogen-bond acceptors (Lipinski definition) is 3. The van der Waals surface area contributed by atoms with Crippen molar-refractivity contribution in [1.82, 2.24) is 5.32 Å². The molecule has 126 valence electrons. The van der Waals surface area contributed by atoms with Crippen LogP contribution in [0.15, 0.2) is 48.5 Å². The summed E-state index contributed by atoms with van der Waals surface area (Å²) in [6.07, 6.45) is 3.09. The van der Waals surface area contributed by atoms with Crippen LogP contribution < -0.4 is 14.8 Å². The van der Waals surface area contributed by atoms with Gasteiger partial charge in [0, 0.05) is 11.6 Å². The number of carbonyl (C=O) groups excluding carboxylic acids is 1. The van der Waals surface area contributed by atoms with Gasteiger partial charge in [0.25, 0.3) is 0 Å². The van der Waals surface area contributed by atoms with Crippen LogP contribution in [0.1, 0.15) is 24.1 Å². The zero-order chi connectivity index (χ0) is 17.5. The van der Waals surface area contributed by atoms with Crippen LogP contribution in [-0.2, 0) is 4.79 Å². The maximum absolute atomic E-state index is 12.9. The maximum Gasteiger partial charge on any atom is 0.244 e. The summed E-state index contributed by atoms with van der Waals surface area (Å²) in [6, 6.07) is 11.2. The van der Waals surface area contributed by atoms with Gasteiger partial charge in [-0.1, -0.05) is 24.3 Å². The Bertz CT molecular complexity index is 726. The molecule has 1 N–H and O–H groups in total. The molecule has 2 rings (SSSR count). The number of carbonyl (C=O) groups is 1. The smallest absolute Gasteiger partial charge is 0.244 e. The van der Waals surface area contributed by atoms with Crippen molar-refractivity contribution in [2.75, 3.05) is 14.2 Å². The van der Waals surface area contributed by atoms with E-state index in [1.54, 1.807) is 38.5 Å². The standard InChI is InChI=1S/C19H20FNO3/c1-13(14-7-10-16(20)11-8-14)21-18(22)12-9-15-5-4-6-17(23-2)19(15)24-3/h4-13H,1-3H3,(H,21,22)/b12-9+/t13-/m0/s1. The van der Waals surface area contributed by atoms with Crippen LogP contribution in [0, 0.1) is 5.82 Å². The van der Waals surface area contributed by atoms with Gasteiger partial charge in [-0.25, -0.2) is 4.39 Å². The van der Waals surface area contributed by atoms with E-state index in [1.165, 1.54) is 18.2 Å². The Morgan fingerprint density at radius 1 is 1.12 bits per heavy atom. The molecular weight excluding hydrogens is 309 g/mol. The summed E-state index contributed by atoms with van der Waals surface area (Å²) in [7, 11) is 3.11. The Labute approximate surface area is 140 Å². The van der Waals surface area contributed by atoms with Crippen molar-refractivity contribution in [1.29, 1.82) is 0 Å². The average Bonchev–Trinajstić information content (AvgIpc) is 2.59. The zero-order valence-corrected chi connectivity index (χ0v) is 13.9. The molecule has 1 atom stereocenters. The average molecular weight is 329 g/mol. The molecule has 0 fully saturated rings. The second kappa shape index (κ2) is 8.15. The second-order valence-corrected chi connectivity index (χ2v) is 5.20. The number of halogens is 1. The molecule has 0 aliphatic carbocycles. The van der Waals surface area contributed by atoms with Gasteiger partial charge in [-0.2, -0.15) is 0 Å². The lowest BCUT2D eigenvalue weighted by atomic mass is 10.1. The van der Waals surface area contributed by atoms with Gasteiger partial charge in [0.2, 0.25) is 5.91 Å². The van der Waals surface area contributed by atoms with Crippen LogP contribution in [0.25, 0.3) is 6.08 Å². The van der Waals surface area contributed by atoms with Crippen molar-refractivity contribution in [2.24, 2.45) is 0 Å². The predicted molar refractivity (Wildman–Crippen MR) is 91.5 cm³/mol. The van der Waals surface area contributed by atoms with Gasteiger partial charge in [0.05, 0.1) is 20.3 Å². The number of hydrogen-bond donors (Lipinski definition) is 1. The molecule has 2 aromatic carbocycles. The molecule has 0 saturated carbocycles. The van der Waals surface area contributed by atoms with Crippen molar-refractivity contribution in [2.45, 2.75) is 13.0 Å². The fourth-order valence-corrected chi connectivity index (χ4v) is 2.30. The van der Waals surface area contributed by atoms with Gasteiger partial charge < -0.3 is 14.8 Å². The number of amides is 1. The molecule has 1 amide bonds. The van der Waals surface area contributed by atoms with Gasteiger partial charge in [0.15, 0.2) is 11.5 Å². The fraction of sp³-hybridized carbons (Fsp3) is 0.211. The van der Waals surface area contributed by atoms with E-state index in [0.717, 1.165) is 11.1 Å². The van der Waals surface area contributed by atoms with E-state index >= 15 is 0 Å². The molecule has 0 unspecified atom stereocenters. The summed E-state index contributed by atoms with van der Waals surface area (Å²) < 4.78 is 23.5. The monoisotopic (exact) mass is 329 g/mol. The lowest BCUT2D eigenvalue weighted by Gasteiger charge is -2.13. The lowest BCUT2D eigenvalue weighted by Crippen LogP contribution is -2.24. The minimum Gasteiger partial charge on any atom is -0.493 e. The number of para-hydroxylation sites is 1. The van der Waals surface area contributed by atoms with Gasteiger partial charge in [-0.15, -0.1) is 0 Å². The van der Waals surface area contributed by atoms with Crippen LogP contribution in [0.2, 0.25) is 0 Å². The molecular formula is C19H20FNO3. The Balaban J connectivity index is 2.06. The summed E-state index contributed by atoms with van der Waals surface area (Å²) in [5, 5.41) is 2.83. The highest BCUT2D eigenvalue weighted by Crippen LogP contribution is 2.31. The third-order valence-corrected chi connectivity index (χ3v) is 3.58. The Hall–Kier alpha value is -2.82. The number of benzene rings is 2. The van der Waals surface area contributed by atoms with E-state index in [4.69, 9.17) is 9.47 Å². The van der Waals surface area contributed by atoms with Crippen LogP contribution in [0.3, 0.4) is 0 Å². The minimum atomic E-state index is -0.303. The van der Waals surface area contributed by atoms with Gasteiger partial charge >= 0.3 is 0 Å². The molecule has 0 bridgehead atoms. The molecule has 0 aromatic heterocycles. The van der Waals surface area contributed by atoms with E-state index in [9.17, 15) is 9.18 Å². The number of methoxy groups -OCH3 is 2. The first-order valence-corrected chi connectivity index (χ1v) is 7.50. The highest BCUT2D eigenvalue weighted by molar-refractivity contribution is 5.92. The van der Waals surface area contributed by atoms with E-state index in [0.29, 0.717) is 11.5 Å². The van der Waals surface area contributed by atoms with Crippen molar-refractivity contribution >= 4 is 12.0 Å². The zero-order valence-electron chi connectivity index (χ0n) is 13.9. The molecule has 4 nitrogen and oxygen atoms in total. The van der Waals surface area contributed by atoms with Gasteiger partial charge in [-0.3, -0.25) is 4.79 Å². The first-order valence-electron chi connectivity index (χ1n) is 7.50. The molecule has 2 aromatic rings. The summed E-state index contributed by atoms with van der Waals surface area (Å²) >= 11 is 0. The van der Waals surface area contributed by atoms with Crippen molar-refractivity contribution in [3.05, 3.63) is 65.5 Å². The second-order valence-electron chi connectivity index (χ2n) is 5.20. The van der Waals surface area contributed by atoms with Gasteiger partial charge in [-0.05, 0) is 36.8 Å². The number of nitrogens with one attached hydrogen (secondary N) is 1. The van der Waals surface area contributed by atoms with Gasteiger partial charge in [0.1, 0.15) is 5.82 Å². The van der Waals surface area contributed by atoms with Crippen LogP contribution >= 0.6 is 0 Å². The number of rotatable bonds is 6. The minimum absolute atomic E-state index is 0.227. The first kappa shape index (κ1) is 17.5. The predicted octanol–water partition coefficient (Wildman–Crippen LogP) is 3.73. The molecule has 0 aliphatic rings. The molecule has 5 heteroatoms. The van der Waals surface area contributed by atoms with Crippen LogP contribution in [0.4, 0.5) is 4.39 Å². The van der Waals surface area contributed by atoms with E-state index in [2.05, 4.69) is 5.32 Å². The van der Waals surface area contributed by atoms with E-state index < -0.39 is 0 Å². The first-order chi connectivity index (χ1) is 11.5. The molecule has 0 aliphatic heterocycles. The Morgan fingerprint density at radius 2 is 1.83 bits per heavy atom. The van der Waals surface area contributed by atoms with E-state index in [-0.39, 0.29) is 17.8 Å². The van der Waals surface area contributed by atoms with Crippen molar-refractivity contribution < 1.29 is 18.7 Å². The highest BCUT2D eigenvalue weighted by atomic mass is 19.1.